The number of carbonyl (C=O) groups excluding carboxylic acids is 2. The molecule has 0 saturated carbocycles. The second-order valence-electron chi connectivity index (χ2n) is 3.87. The second-order valence-corrected chi connectivity index (χ2v) is 5.14. The summed E-state index contributed by atoms with van der Waals surface area (Å²) >= 11 is 1.02. The zero-order valence-electron chi connectivity index (χ0n) is 9.10. The summed E-state index contributed by atoms with van der Waals surface area (Å²) in [5, 5.41) is 3.77. The van der Waals surface area contributed by atoms with Crippen molar-refractivity contribution in [1.29, 1.82) is 0 Å². The summed E-state index contributed by atoms with van der Waals surface area (Å²) in [6, 6.07) is 7.37. The molecule has 2 amide bonds. The first-order valence-electron chi connectivity index (χ1n) is 5.14. The third kappa shape index (κ3) is 1.25. The molecule has 2 heterocycles. The molecule has 0 aromatic heterocycles. The van der Waals surface area contributed by atoms with Crippen molar-refractivity contribution in [2.24, 2.45) is 0 Å². The molecule has 88 valence electrons. The van der Waals surface area contributed by atoms with Crippen molar-refractivity contribution in [3.63, 3.8) is 0 Å². The molecule has 2 aliphatic heterocycles. The van der Waals surface area contributed by atoms with E-state index < -0.39 is 4.75 Å². The van der Waals surface area contributed by atoms with Crippen molar-refractivity contribution >= 4 is 28.6 Å². The van der Waals surface area contributed by atoms with Gasteiger partial charge in [0, 0.05) is 12.1 Å². The van der Waals surface area contributed by atoms with Crippen LogP contribution in [0.4, 0.5) is 10.5 Å². The molecule has 2 aliphatic rings. The fraction of sp³-hybridized carbons (Fsp3) is 0.273. The fourth-order valence-electron chi connectivity index (χ4n) is 2.26. The highest BCUT2D eigenvalue weighted by atomic mass is 32.2. The van der Waals surface area contributed by atoms with Gasteiger partial charge in [-0.15, -0.1) is 0 Å². The molecular formula is C11H10N2O3S. The molecule has 0 radical (unpaired) electrons. The standard InChI is InChI=1S/C11H10N2O3S/c1-16-13-8-5-3-2-4-7(8)11(9(13)14)6-12-10(15)17-11/h2-5H,6H2,1H3,(H,12,15). The maximum atomic E-state index is 12.4. The van der Waals surface area contributed by atoms with Crippen molar-refractivity contribution in [3.05, 3.63) is 29.8 Å². The predicted octanol–water partition coefficient (Wildman–Crippen LogP) is 1.25. The Hall–Kier alpha value is -1.53. The van der Waals surface area contributed by atoms with Gasteiger partial charge < -0.3 is 5.32 Å². The molecule has 1 spiro atoms. The zero-order valence-corrected chi connectivity index (χ0v) is 9.91. The number of thioether (sulfide) groups is 1. The van der Waals surface area contributed by atoms with Gasteiger partial charge in [0.25, 0.3) is 11.1 Å². The van der Waals surface area contributed by atoms with Crippen LogP contribution in [0, 0.1) is 0 Å². The number of hydrogen-bond donors (Lipinski definition) is 1. The molecule has 17 heavy (non-hydrogen) atoms. The molecule has 1 atom stereocenters. The van der Waals surface area contributed by atoms with Gasteiger partial charge in [0.1, 0.15) is 0 Å². The molecule has 1 saturated heterocycles. The third-order valence-corrected chi connectivity index (χ3v) is 4.24. The van der Waals surface area contributed by atoms with Crippen molar-refractivity contribution in [2.45, 2.75) is 4.75 Å². The molecule has 1 fully saturated rings. The summed E-state index contributed by atoms with van der Waals surface area (Å²) in [5.74, 6) is -0.204. The normalized spacial score (nSPS) is 26.5. The average Bonchev–Trinajstić information content (AvgIpc) is 2.83. The van der Waals surface area contributed by atoms with Crippen molar-refractivity contribution < 1.29 is 14.4 Å². The number of amides is 2. The Morgan fingerprint density at radius 1 is 1.41 bits per heavy atom. The van der Waals surface area contributed by atoms with Crippen LogP contribution in [-0.2, 0) is 14.4 Å². The molecule has 5 nitrogen and oxygen atoms in total. The minimum atomic E-state index is -0.857. The van der Waals surface area contributed by atoms with Crippen LogP contribution >= 0.6 is 11.8 Å². The number of benzene rings is 1. The number of nitrogens with one attached hydrogen (secondary N) is 1. The predicted molar refractivity (Wildman–Crippen MR) is 63.6 cm³/mol. The van der Waals surface area contributed by atoms with Gasteiger partial charge >= 0.3 is 0 Å². The summed E-state index contributed by atoms with van der Waals surface area (Å²) in [5.41, 5.74) is 1.54. The van der Waals surface area contributed by atoms with E-state index in [9.17, 15) is 9.59 Å². The highest BCUT2D eigenvalue weighted by Crippen LogP contribution is 2.50. The van der Waals surface area contributed by atoms with Gasteiger partial charge in [-0.2, -0.15) is 5.06 Å². The largest absolute Gasteiger partial charge is 0.345 e. The average molecular weight is 250 g/mol. The van der Waals surface area contributed by atoms with Gasteiger partial charge in [0.15, 0.2) is 4.75 Å². The number of hydrogen-bond acceptors (Lipinski definition) is 4. The molecule has 3 rings (SSSR count). The summed E-state index contributed by atoms with van der Waals surface area (Å²) < 4.78 is -0.857. The molecule has 1 unspecified atom stereocenters. The first-order valence-corrected chi connectivity index (χ1v) is 5.96. The van der Waals surface area contributed by atoms with Gasteiger partial charge in [-0.25, -0.2) is 0 Å². The Labute approximate surface area is 102 Å². The van der Waals surface area contributed by atoms with E-state index in [1.165, 1.54) is 12.2 Å². The van der Waals surface area contributed by atoms with Gasteiger partial charge in [-0.3, -0.25) is 14.4 Å². The van der Waals surface area contributed by atoms with E-state index in [0.717, 1.165) is 17.3 Å². The molecule has 1 aromatic rings. The number of fused-ring (bicyclic) bond motifs is 2. The number of hydroxylamine groups is 1. The van der Waals surface area contributed by atoms with Gasteiger partial charge in [0.05, 0.1) is 12.8 Å². The lowest BCUT2D eigenvalue weighted by molar-refractivity contribution is -0.125. The van der Waals surface area contributed by atoms with E-state index in [2.05, 4.69) is 5.32 Å². The van der Waals surface area contributed by atoms with Crippen molar-refractivity contribution in [3.8, 4) is 0 Å². The fourth-order valence-corrected chi connectivity index (χ4v) is 3.32. The quantitative estimate of drug-likeness (QED) is 0.815. The summed E-state index contributed by atoms with van der Waals surface area (Å²) in [6.45, 7) is 0.312. The molecule has 0 aliphatic carbocycles. The lowest BCUT2D eigenvalue weighted by atomic mass is 10.00. The first-order chi connectivity index (χ1) is 8.19. The number of para-hydroxylation sites is 1. The van der Waals surface area contributed by atoms with E-state index in [4.69, 9.17) is 4.84 Å². The van der Waals surface area contributed by atoms with Crippen LogP contribution in [0.3, 0.4) is 0 Å². The Morgan fingerprint density at radius 2 is 2.18 bits per heavy atom. The molecule has 0 bridgehead atoms. The summed E-state index contributed by atoms with van der Waals surface area (Å²) in [7, 11) is 1.45. The van der Waals surface area contributed by atoms with E-state index in [0.29, 0.717) is 12.2 Å². The third-order valence-electron chi connectivity index (χ3n) is 3.02. The van der Waals surface area contributed by atoms with Crippen LogP contribution in [0.15, 0.2) is 24.3 Å². The van der Waals surface area contributed by atoms with Gasteiger partial charge in [0.2, 0.25) is 0 Å². The highest BCUT2D eigenvalue weighted by molar-refractivity contribution is 8.15. The maximum absolute atomic E-state index is 12.4. The number of anilines is 1. The Morgan fingerprint density at radius 3 is 2.82 bits per heavy atom. The van der Waals surface area contributed by atoms with Crippen LogP contribution in [0.5, 0.6) is 0 Å². The second kappa shape index (κ2) is 3.48. The minimum Gasteiger partial charge on any atom is -0.345 e. The smallest absolute Gasteiger partial charge is 0.280 e. The monoisotopic (exact) mass is 250 g/mol. The molecule has 1 aromatic carbocycles. The Bertz CT molecular complexity index is 519. The minimum absolute atomic E-state index is 0.175. The number of nitrogens with zero attached hydrogens (tertiary/aromatic N) is 1. The van der Waals surface area contributed by atoms with Crippen LogP contribution in [0.25, 0.3) is 0 Å². The van der Waals surface area contributed by atoms with E-state index in [1.807, 2.05) is 24.3 Å². The first kappa shape index (κ1) is 10.6. The highest BCUT2D eigenvalue weighted by Gasteiger charge is 2.56. The molecular weight excluding hydrogens is 240 g/mol. The SMILES string of the molecule is CON1C(=O)C2(CNC(=O)S2)c2ccccc21. The summed E-state index contributed by atoms with van der Waals surface area (Å²) in [4.78, 5) is 28.8. The molecule has 6 heteroatoms. The zero-order chi connectivity index (χ0) is 12.0. The summed E-state index contributed by atoms with van der Waals surface area (Å²) in [6.07, 6.45) is 0. The van der Waals surface area contributed by atoms with Crippen LogP contribution < -0.4 is 10.4 Å². The number of carbonyl (C=O) groups is 2. The van der Waals surface area contributed by atoms with Crippen LogP contribution in [0.1, 0.15) is 5.56 Å². The van der Waals surface area contributed by atoms with E-state index in [1.54, 1.807) is 0 Å². The Balaban J connectivity index is 2.19. The van der Waals surface area contributed by atoms with E-state index >= 15 is 0 Å². The lowest BCUT2D eigenvalue weighted by Gasteiger charge is -2.18. The van der Waals surface area contributed by atoms with Gasteiger partial charge in [-0.1, -0.05) is 18.2 Å². The van der Waals surface area contributed by atoms with Crippen LogP contribution in [-0.4, -0.2) is 24.8 Å². The molecule has 1 N–H and O–H groups in total. The van der Waals surface area contributed by atoms with Crippen LogP contribution in [0.2, 0.25) is 0 Å². The van der Waals surface area contributed by atoms with Crippen molar-refractivity contribution in [1.82, 2.24) is 5.32 Å². The van der Waals surface area contributed by atoms with E-state index in [-0.39, 0.29) is 11.1 Å². The Kier molecular flexibility index (Phi) is 2.17. The maximum Gasteiger partial charge on any atom is 0.280 e. The van der Waals surface area contributed by atoms with Crippen molar-refractivity contribution in [2.75, 3.05) is 18.7 Å². The lowest BCUT2D eigenvalue weighted by Crippen LogP contribution is -2.39. The van der Waals surface area contributed by atoms with Gasteiger partial charge in [-0.05, 0) is 17.8 Å². The topological polar surface area (TPSA) is 58.6 Å². The number of rotatable bonds is 1.